The van der Waals surface area contributed by atoms with E-state index < -0.39 is 71.0 Å². The van der Waals surface area contributed by atoms with Crippen LogP contribution in [-0.2, 0) is 19.1 Å². The molecule has 3 saturated carbocycles. The number of ether oxygens (including phenoxy) is 1. The van der Waals surface area contributed by atoms with Crippen LogP contribution in [0.1, 0.15) is 40.0 Å². The summed E-state index contributed by atoms with van der Waals surface area (Å²) in [5, 5.41) is 22.7. The van der Waals surface area contributed by atoms with Gasteiger partial charge in [0, 0.05) is 23.7 Å². The van der Waals surface area contributed by atoms with Gasteiger partial charge in [-0.1, -0.05) is 19.9 Å². The number of aliphatic hydroxyl groups is 2. The molecule has 0 unspecified atom stereocenters. The Bertz CT molecular complexity index is 898. The Labute approximate surface area is 179 Å². The number of hydrogen-bond donors (Lipinski definition) is 2. The molecular formula is C23H28F2O6. The van der Waals surface area contributed by atoms with Gasteiger partial charge in [0.1, 0.15) is 12.3 Å². The van der Waals surface area contributed by atoms with E-state index in [1.54, 1.807) is 19.9 Å². The number of aliphatic hydroxyl groups excluding tert-OH is 1. The quantitative estimate of drug-likeness (QED) is 0.654. The number of fused-ring (bicyclic) bond motifs is 5. The van der Waals surface area contributed by atoms with E-state index in [2.05, 4.69) is 0 Å². The van der Waals surface area contributed by atoms with E-state index in [4.69, 9.17) is 4.74 Å². The molecule has 4 rings (SSSR count). The summed E-state index contributed by atoms with van der Waals surface area (Å²) in [5.41, 5.74) is -4.19. The van der Waals surface area contributed by atoms with Crippen LogP contribution in [0.2, 0.25) is 0 Å². The van der Waals surface area contributed by atoms with Crippen LogP contribution in [0.3, 0.4) is 0 Å². The van der Waals surface area contributed by atoms with Crippen molar-refractivity contribution in [3.8, 4) is 0 Å². The molecule has 9 atom stereocenters. The molecule has 4 aliphatic rings. The molecule has 6 nitrogen and oxygen atoms in total. The Morgan fingerprint density at radius 1 is 1.29 bits per heavy atom. The van der Waals surface area contributed by atoms with Gasteiger partial charge in [0.15, 0.2) is 23.8 Å². The lowest BCUT2D eigenvalue weighted by molar-refractivity contribution is -0.196. The number of ketones is 2. The lowest BCUT2D eigenvalue weighted by atomic mass is 9.46. The van der Waals surface area contributed by atoms with Crippen molar-refractivity contribution in [1.82, 2.24) is 0 Å². The third-order valence-electron chi connectivity index (χ3n) is 8.53. The highest BCUT2D eigenvalue weighted by molar-refractivity contribution is 6.01. The largest absolute Gasteiger partial charge is 0.459 e. The van der Waals surface area contributed by atoms with Gasteiger partial charge < -0.3 is 14.9 Å². The zero-order chi connectivity index (χ0) is 22.9. The van der Waals surface area contributed by atoms with E-state index in [-0.39, 0.29) is 25.0 Å². The first-order valence-electron chi connectivity index (χ1n) is 10.7. The smallest absolute Gasteiger partial charge is 0.303 e. The number of Topliss-reactive ketones (excluding diaryl/α,β-unsaturated/α-hetero) is 1. The normalized spacial score (nSPS) is 48.4. The topological polar surface area (TPSA) is 101 Å². The Balaban J connectivity index is 1.82. The molecule has 4 aliphatic carbocycles. The van der Waals surface area contributed by atoms with Crippen molar-refractivity contribution >= 4 is 17.5 Å². The third kappa shape index (κ3) is 2.83. The number of carbonyl (C=O) groups is 3. The fourth-order valence-corrected chi connectivity index (χ4v) is 7.26. The number of allylic oxidation sites excluding steroid dienone is 4. The first kappa shape index (κ1) is 22.3. The fourth-order valence-electron chi connectivity index (χ4n) is 7.26. The molecular weight excluding hydrogens is 410 g/mol. The molecule has 31 heavy (non-hydrogen) atoms. The Morgan fingerprint density at radius 2 is 1.97 bits per heavy atom. The van der Waals surface area contributed by atoms with Crippen LogP contribution in [0.25, 0.3) is 0 Å². The minimum absolute atomic E-state index is 0.00276. The maximum atomic E-state index is 15.3. The molecule has 0 aromatic carbocycles. The zero-order valence-corrected chi connectivity index (χ0v) is 17.8. The molecule has 8 heteroatoms. The number of alkyl halides is 2. The Hall–Kier alpha value is -1.93. The molecule has 2 N–H and O–H groups in total. The molecule has 0 saturated heterocycles. The minimum Gasteiger partial charge on any atom is -0.459 e. The molecule has 0 heterocycles. The van der Waals surface area contributed by atoms with E-state index in [9.17, 15) is 29.0 Å². The van der Waals surface area contributed by atoms with Crippen LogP contribution in [0.15, 0.2) is 23.8 Å². The van der Waals surface area contributed by atoms with Crippen molar-refractivity contribution in [1.29, 1.82) is 0 Å². The lowest BCUT2D eigenvalue weighted by Crippen LogP contribution is -2.64. The summed E-state index contributed by atoms with van der Waals surface area (Å²) >= 11 is 0. The maximum Gasteiger partial charge on any atom is 0.303 e. The van der Waals surface area contributed by atoms with E-state index >= 15 is 4.39 Å². The Kier molecular flexibility index (Phi) is 5.05. The summed E-state index contributed by atoms with van der Waals surface area (Å²) < 4.78 is 34.1. The van der Waals surface area contributed by atoms with Gasteiger partial charge >= 0.3 is 5.97 Å². The maximum absolute atomic E-state index is 15.3. The van der Waals surface area contributed by atoms with Crippen LogP contribution in [0.5, 0.6) is 0 Å². The molecule has 0 aromatic rings. The van der Waals surface area contributed by atoms with Crippen molar-refractivity contribution < 1.29 is 38.1 Å². The van der Waals surface area contributed by atoms with Gasteiger partial charge in [-0.15, -0.1) is 0 Å². The minimum atomic E-state index is -2.31. The molecule has 170 valence electrons. The molecule has 3 fully saturated rings. The van der Waals surface area contributed by atoms with Gasteiger partial charge in [0.2, 0.25) is 0 Å². The highest BCUT2D eigenvalue weighted by Gasteiger charge is 2.73. The molecule has 0 spiro atoms. The van der Waals surface area contributed by atoms with Crippen LogP contribution >= 0.6 is 0 Å². The van der Waals surface area contributed by atoms with Gasteiger partial charge in [-0.25, -0.2) is 8.78 Å². The second kappa shape index (κ2) is 7.04. The van der Waals surface area contributed by atoms with Gasteiger partial charge in [0.25, 0.3) is 0 Å². The van der Waals surface area contributed by atoms with E-state index in [0.717, 1.165) is 6.92 Å². The number of halogens is 2. The molecule has 0 aromatic heterocycles. The second-order valence-electron chi connectivity index (χ2n) is 9.96. The van der Waals surface area contributed by atoms with E-state index in [0.29, 0.717) is 5.57 Å². The highest BCUT2D eigenvalue weighted by Crippen LogP contribution is 2.67. The standard InChI is InChI=1S/C23H28F2O6/c1-11(26)31-19-8-14-13-7-16(25)15-6-12(27)4-5-21(15,2)20(13)17(28)9-22(14,3)23(19,30)18(29)10-24/h4-6,13-14,16-17,19-20,28,30H,7-10H2,1-3H3/t13-,14-,16-,17-,19+,20+,21-,22-,23+/m0/s1. The van der Waals surface area contributed by atoms with E-state index in [1.807, 2.05) is 0 Å². The van der Waals surface area contributed by atoms with Crippen LogP contribution in [-0.4, -0.2) is 58.4 Å². The number of rotatable bonds is 3. The third-order valence-corrected chi connectivity index (χ3v) is 8.53. The van der Waals surface area contributed by atoms with Crippen molar-refractivity contribution in [2.24, 2.45) is 28.6 Å². The summed E-state index contributed by atoms with van der Waals surface area (Å²) in [4.78, 5) is 36.2. The second-order valence-corrected chi connectivity index (χ2v) is 9.96. The van der Waals surface area contributed by atoms with E-state index in [1.165, 1.54) is 12.2 Å². The summed E-state index contributed by atoms with van der Waals surface area (Å²) in [6.07, 6.45) is 0.568. The van der Waals surface area contributed by atoms with Gasteiger partial charge in [-0.2, -0.15) is 0 Å². The summed E-state index contributed by atoms with van der Waals surface area (Å²) in [7, 11) is 0. The van der Waals surface area contributed by atoms with Gasteiger partial charge in [0.05, 0.1) is 6.10 Å². The van der Waals surface area contributed by atoms with Crippen molar-refractivity contribution in [2.45, 2.75) is 64.0 Å². The molecule has 0 amide bonds. The van der Waals surface area contributed by atoms with Crippen LogP contribution < -0.4 is 0 Å². The zero-order valence-electron chi connectivity index (χ0n) is 17.8. The van der Waals surface area contributed by atoms with Crippen molar-refractivity contribution in [3.05, 3.63) is 23.8 Å². The SMILES string of the molecule is CC(=O)O[C@@H]1C[C@H]2[C@@H]3C[C@H](F)C4=CC(=O)C=C[C@]4(C)[C@H]3[C@@H](O)C[C@]2(C)[C@@]1(O)C(=O)CF. The van der Waals surface area contributed by atoms with Crippen LogP contribution in [0.4, 0.5) is 8.78 Å². The fraction of sp³-hybridized carbons (Fsp3) is 0.696. The first-order chi connectivity index (χ1) is 14.4. The average molecular weight is 438 g/mol. The van der Waals surface area contributed by atoms with Crippen molar-refractivity contribution in [2.75, 3.05) is 6.67 Å². The lowest BCUT2D eigenvalue weighted by Gasteiger charge is -2.59. The monoisotopic (exact) mass is 438 g/mol. The number of esters is 1. The molecule has 0 radical (unpaired) electrons. The highest BCUT2D eigenvalue weighted by atomic mass is 19.1. The predicted octanol–water partition coefficient (Wildman–Crippen LogP) is 2.02. The number of carbonyl (C=O) groups excluding carboxylic acids is 3. The van der Waals surface area contributed by atoms with Gasteiger partial charge in [-0.3, -0.25) is 14.4 Å². The first-order valence-corrected chi connectivity index (χ1v) is 10.7. The predicted molar refractivity (Wildman–Crippen MR) is 105 cm³/mol. The molecule has 0 bridgehead atoms. The van der Waals surface area contributed by atoms with Crippen molar-refractivity contribution in [3.63, 3.8) is 0 Å². The summed E-state index contributed by atoms with van der Waals surface area (Å²) in [6, 6.07) is 0. The summed E-state index contributed by atoms with van der Waals surface area (Å²) in [5.74, 6) is -3.54. The van der Waals surface area contributed by atoms with Gasteiger partial charge in [-0.05, 0) is 48.8 Å². The summed E-state index contributed by atoms with van der Waals surface area (Å²) in [6.45, 7) is 3.08. The average Bonchev–Trinajstić information content (AvgIpc) is 2.90. The van der Waals surface area contributed by atoms with Crippen LogP contribution in [0, 0.1) is 28.6 Å². The number of hydrogen-bond acceptors (Lipinski definition) is 6. The molecule has 0 aliphatic heterocycles. The Morgan fingerprint density at radius 3 is 2.58 bits per heavy atom.